The van der Waals surface area contributed by atoms with Gasteiger partial charge in [0.05, 0.1) is 6.54 Å². The number of aromatic nitrogens is 1. The molecule has 1 aromatic heterocycles. The number of H-pyrrole nitrogens is 1. The van der Waals surface area contributed by atoms with Gasteiger partial charge < -0.3 is 15.6 Å². The summed E-state index contributed by atoms with van der Waals surface area (Å²) in [4.78, 5) is 23.8. The minimum absolute atomic E-state index is 0.0613. The number of hydrogen-bond acceptors (Lipinski definition) is 2. The summed E-state index contributed by atoms with van der Waals surface area (Å²) in [5.41, 5.74) is 2.54. The zero-order valence-electron chi connectivity index (χ0n) is 11.4. The van der Waals surface area contributed by atoms with Crippen molar-refractivity contribution in [2.75, 3.05) is 13.6 Å². The number of amides is 2. The fourth-order valence-electron chi connectivity index (χ4n) is 1.51. The lowest BCUT2D eigenvalue weighted by Gasteiger charge is -1.98. The van der Waals surface area contributed by atoms with Crippen molar-refractivity contribution in [3.05, 3.63) is 36.0 Å². The van der Waals surface area contributed by atoms with Gasteiger partial charge >= 0.3 is 0 Å². The summed E-state index contributed by atoms with van der Waals surface area (Å²) in [6.07, 6.45) is 2.03. The molecule has 0 aliphatic rings. The summed E-state index contributed by atoms with van der Waals surface area (Å²) < 4.78 is 0. The summed E-state index contributed by atoms with van der Waals surface area (Å²) in [7, 11) is 1.52. The van der Waals surface area contributed by atoms with Crippen LogP contribution in [0, 0.1) is 6.92 Å². The third-order valence-electron chi connectivity index (χ3n) is 2.57. The van der Waals surface area contributed by atoms with E-state index in [1.807, 2.05) is 12.3 Å². The van der Waals surface area contributed by atoms with Crippen LogP contribution in [-0.4, -0.2) is 30.4 Å². The molecule has 102 valence electrons. The van der Waals surface area contributed by atoms with E-state index in [1.54, 1.807) is 0 Å². The monoisotopic (exact) mass is 261 g/mol. The van der Waals surface area contributed by atoms with Gasteiger partial charge in [0.25, 0.3) is 0 Å². The van der Waals surface area contributed by atoms with E-state index in [9.17, 15) is 9.59 Å². The molecular formula is C14H19N3O2. The van der Waals surface area contributed by atoms with Gasteiger partial charge in [-0.15, -0.1) is 0 Å². The minimum atomic E-state index is -0.196. The van der Waals surface area contributed by atoms with Crippen LogP contribution in [0.25, 0.3) is 10.9 Å². The van der Waals surface area contributed by atoms with Gasteiger partial charge in [-0.2, -0.15) is 0 Å². The number of benzene rings is 1. The third kappa shape index (κ3) is 4.83. The third-order valence-corrected chi connectivity index (χ3v) is 2.57. The van der Waals surface area contributed by atoms with Crippen molar-refractivity contribution in [1.82, 2.24) is 15.6 Å². The van der Waals surface area contributed by atoms with Gasteiger partial charge in [-0.25, -0.2) is 0 Å². The molecule has 0 saturated heterocycles. The van der Waals surface area contributed by atoms with E-state index >= 15 is 0 Å². The highest BCUT2D eigenvalue weighted by molar-refractivity contribution is 5.83. The molecule has 1 aromatic carbocycles. The molecule has 0 aliphatic heterocycles. The van der Waals surface area contributed by atoms with Crippen molar-refractivity contribution in [2.45, 2.75) is 13.8 Å². The number of aromatic amines is 1. The van der Waals surface area contributed by atoms with E-state index in [4.69, 9.17) is 0 Å². The van der Waals surface area contributed by atoms with E-state index in [2.05, 4.69) is 40.7 Å². The Morgan fingerprint density at radius 1 is 1.26 bits per heavy atom. The highest BCUT2D eigenvalue weighted by Gasteiger charge is 1.96. The second kappa shape index (κ2) is 7.20. The number of hydrogen-bond donors (Lipinski definition) is 3. The molecule has 2 aromatic rings. The summed E-state index contributed by atoms with van der Waals surface area (Å²) in [5.74, 6) is -0.385. The highest BCUT2D eigenvalue weighted by Crippen LogP contribution is 2.15. The Bertz CT molecular complexity index is 561. The van der Waals surface area contributed by atoms with Gasteiger partial charge in [-0.1, -0.05) is 18.2 Å². The standard InChI is InChI=1S/C9H9N.C5H10N2O2/c1-7-6-10-9-5-3-2-4-8(7)9;1-4(8)7-3-5(9)6-2/h2-6,10H,1H3;3H2,1-2H3,(H,6,9)(H,7,8). The zero-order valence-corrected chi connectivity index (χ0v) is 11.4. The molecule has 0 spiro atoms. The minimum Gasteiger partial charge on any atom is -0.361 e. The fraction of sp³-hybridized carbons (Fsp3) is 0.286. The van der Waals surface area contributed by atoms with Crippen molar-refractivity contribution < 1.29 is 9.59 Å². The van der Waals surface area contributed by atoms with Gasteiger partial charge in [-0.3, -0.25) is 9.59 Å². The van der Waals surface area contributed by atoms with Crippen molar-refractivity contribution in [3.8, 4) is 0 Å². The van der Waals surface area contributed by atoms with Gasteiger partial charge in [0, 0.05) is 31.1 Å². The van der Waals surface area contributed by atoms with Gasteiger partial charge in [0.15, 0.2) is 0 Å². The summed E-state index contributed by atoms with van der Waals surface area (Å²) >= 11 is 0. The number of rotatable bonds is 2. The number of nitrogens with one attached hydrogen (secondary N) is 3. The lowest BCUT2D eigenvalue weighted by Crippen LogP contribution is -2.33. The smallest absolute Gasteiger partial charge is 0.239 e. The second-order valence-electron chi connectivity index (χ2n) is 4.10. The topological polar surface area (TPSA) is 74.0 Å². The van der Waals surface area contributed by atoms with Gasteiger partial charge in [0.2, 0.25) is 11.8 Å². The van der Waals surface area contributed by atoms with Crippen LogP contribution in [0.4, 0.5) is 0 Å². The SMILES string of the molecule is CNC(=O)CNC(C)=O.Cc1c[nH]c2ccccc12. The molecular weight excluding hydrogens is 242 g/mol. The van der Waals surface area contributed by atoms with Crippen LogP contribution in [0.5, 0.6) is 0 Å². The molecule has 0 atom stereocenters. The van der Waals surface area contributed by atoms with Crippen molar-refractivity contribution in [3.63, 3.8) is 0 Å². The van der Waals surface area contributed by atoms with Crippen molar-refractivity contribution in [2.24, 2.45) is 0 Å². The Labute approximate surface area is 112 Å². The predicted octanol–water partition coefficient (Wildman–Crippen LogP) is 1.34. The molecule has 2 rings (SSSR count). The first kappa shape index (κ1) is 14.8. The van der Waals surface area contributed by atoms with Gasteiger partial charge in [0.1, 0.15) is 0 Å². The number of fused-ring (bicyclic) bond motifs is 1. The second-order valence-corrected chi connectivity index (χ2v) is 4.10. The van der Waals surface area contributed by atoms with Crippen LogP contribution in [-0.2, 0) is 9.59 Å². The lowest BCUT2D eigenvalue weighted by atomic mass is 10.2. The van der Waals surface area contributed by atoms with Crippen LogP contribution in [0.3, 0.4) is 0 Å². The Balaban J connectivity index is 0.000000192. The highest BCUT2D eigenvalue weighted by atomic mass is 16.2. The van der Waals surface area contributed by atoms with Crippen molar-refractivity contribution >= 4 is 22.7 Å². The van der Waals surface area contributed by atoms with E-state index in [0.29, 0.717) is 0 Å². The Morgan fingerprint density at radius 3 is 2.53 bits per heavy atom. The molecule has 0 radical (unpaired) electrons. The lowest BCUT2D eigenvalue weighted by molar-refractivity contribution is -0.124. The average Bonchev–Trinajstić information content (AvgIpc) is 2.79. The summed E-state index contributed by atoms with van der Waals surface area (Å²) in [6, 6.07) is 8.31. The van der Waals surface area contributed by atoms with Crippen LogP contribution in [0.15, 0.2) is 30.5 Å². The van der Waals surface area contributed by atoms with E-state index in [1.165, 1.54) is 30.4 Å². The molecule has 5 nitrogen and oxygen atoms in total. The van der Waals surface area contributed by atoms with Crippen LogP contribution >= 0.6 is 0 Å². The maximum absolute atomic E-state index is 10.4. The molecule has 5 heteroatoms. The average molecular weight is 261 g/mol. The first-order chi connectivity index (χ1) is 9.04. The summed E-state index contributed by atoms with van der Waals surface area (Å²) in [5, 5.41) is 6.03. The number of likely N-dealkylation sites (N-methyl/N-ethyl adjacent to an activating group) is 1. The van der Waals surface area contributed by atoms with Crippen molar-refractivity contribution in [1.29, 1.82) is 0 Å². The first-order valence-electron chi connectivity index (χ1n) is 6.02. The fourth-order valence-corrected chi connectivity index (χ4v) is 1.51. The molecule has 2 amide bonds. The summed E-state index contributed by atoms with van der Waals surface area (Å²) in [6.45, 7) is 3.54. The molecule has 0 aliphatic carbocycles. The zero-order chi connectivity index (χ0) is 14.3. The van der Waals surface area contributed by atoms with E-state index in [-0.39, 0.29) is 18.4 Å². The number of aryl methyl sites for hydroxylation is 1. The normalized spacial score (nSPS) is 9.42. The first-order valence-corrected chi connectivity index (χ1v) is 6.02. The van der Waals surface area contributed by atoms with Crippen LogP contribution in [0.2, 0.25) is 0 Å². The molecule has 0 saturated carbocycles. The van der Waals surface area contributed by atoms with E-state index in [0.717, 1.165) is 0 Å². The van der Waals surface area contributed by atoms with Crippen LogP contribution < -0.4 is 10.6 Å². The number of carbonyl (C=O) groups excluding carboxylic acids is 2. The molecule has 19 heavy (non-hydrogen) atoms. The van der Waals surface area contributed by atoms with E-state index < -0.39 is 0 Å². The molecule has 1 heterocycles. The Morgan fingerprint density at radius 2 is 1.95 bits per heavy atom. The number of para-hydroxylation sites is 1. The Kier molecular flexibility index (Phi) is 5.60. The molecule has 3 N–H and O–H groups in total. The predicted molar refractivity (Wildman–Crippen MR) is 75.8 cm³/mol. The molecule has 0 unspecified atom stereocenters. The maximum Gasteiger partial charge on any atom is 0.239 e. The Hall–Kier alpha value is -2.30. The molecule has 0 fully saturated rings. The molecule has 0 bridgehead atoms. The van der Waals surface area contributed by atoms with Crippen LogP contribution in [0.1, 0.15) is 12.5 Å². The quantitative estimate of drug-likeness (QED) is 0.763. The van der Waals surface area contributed by atoms with Gasteiger partial charge in [-0.05, 0) is 18.6 Å². The maximum atomic E-state index is 10.4. The number of carbonyl (C=O) groups is 2. The largest absolute Gasteiger partial charge is 0.361 e.